The Morgan fingerprint density at radius 2 is 2.04 bits per heavy atom. The molecular weight excluding hydrogens is 282 g/mol. The molecule has 6 atom stereocenters. The highest BCUT2D eigenvalue weighted by Gasteiger charge is 2.61. The van der Waals surface area contributed by atoms with Gasteiger partial charge in [-0.15, -0.1) is 0 Å². The summed E-state index contributed by atoms with van der Waals surface area (Å²) in [5.74, 6) is 0.857. The zero-order valence-electron chi connectivity index (χ0n) is 14.3. The summed E-state index contributed by atoms with van der Waals surface area (Å²) in [6.07, 6.45) is 16.3. The van der Waals surface area contributed by atoms with Crippen LogP contribution in [0.2, 0.25) is 0 Å². The molecule has 126 valence electrons. The molecule has 0 radical (unpaired) electrons. The molecule has 4 bridgehead atoms. The monoisotopic (exact) mass is 313 g/mol. The minimum Gasteiger partial charge on any atom is -0.299 e. The van der Waals surface area contributed by atoms with Gasteiger partial charge in [0.2, 0.25) is 0 Å². The molecular formula is C20H31N3. The molecule has 3 heteroatoms. The van der Waals surface area contributed by atoms with Gasteiger partial charge in [-0.2, -0.15) is 0 Å². The molecule has 1 N–H and O–H groups in total. The first-order valence-corrected chi connectivity index (χ1v) is 10.3. The Labute approximate surface area is 140 Å². The first kappa shape index (κ1) is 13.9. The Kier molecular flexibility index (Phi) is 2.91. The molecule has 0 amide bonds. The summed E-state index contributed by atoms with van der Waals surface area (Å²) in [6, 6.07) is 2.45. The smallest absolute Gasteiger partial charge is 0.0604 e. The van der Waals surface area contributed by atoms with Crippen LogP contribution in [0.1, 0.15) is 57.8 Å². The summed E-state index contributed by atoms with van der Waals surface area (Å²) in [6.45, 7) is 4.09. The normalized spacial score (nSPS) is 52.3. The molecule has 5 saturated heterocycles. The second kappa shape index (κ2) is 4.83. The zero-order chi connectivity index (χ0) is 15.0. The molecule has 5 fully saturated rings. The number of rotatable bonds is 0. The Morgan fingerprint density at radius 1 is 1.04 bits per heavy atom. The van der Waals surface area contributed by atoms with E-state index in [0.29, 0.717) is 11.6 Å². The maximum atomic E-state index is 4.12. The van der Waals surface area contributed by atoms with Gasteiger partial charge in [-0.3, -0.25) is 15.1 Å². The van der Waals surface area contributed by atoms with E-state index in [2.05, 4.69) is 21.2 Å². The predicted octanol–water partition coefficient (Wildman–Crippen LogP) is 2.73. The van der Waals surface area contributed by atoms with E-state index in [1.165, 1.54) is 77.4 Å². The molecule has 3 nitrogen and oxygen atoms in total. The number of hydrogen-bond donors (Lipinski definition) is 1. The fraction of sp³-hybridized carbons (Fsp3) is 0.900. The van der Waals surface area contributed by atoms with E-state index < -0.39 is 0 Å². The van der Waals surface area contributed by atoms with Crippen LogP contribution in [0.3, 0.4) is 0 Å². The van der Waals surface area contributed by atoms with Crippen molar-refractivity contribution in [1.82, 2.24) is 15.1 Å². The van der Waals surface area contributed by atoms with Crippen molar-refractivity contribution in [3.05, 3.63) is 11.6 Å². The lowest BCUT2D eigenvalue weighted by molar-refractivity contribution is -0.140. The van der Waals surface area contributed by atoms with Crippen LogP contribution < -0.4 is 5.32 Å². The molecule has 6 rings (SSSR count). The van der Waals surface area contributed by atoms with Gasteiger partial charge >= 0.3 is 0 Å². The van der Waals surface area contributed by atoms with Crippen LogP contribution in [0.5, 0.6) is 0 Å². The van der Waals surface area contributed by atoms with Crippen molar-refractivity contribution in [2.24, 2.45) is 11.3 Å². The maximum Gasteiger partial charge on any atom is 0.0604 e. The number of fused-ring (bicyclic) bond motifs is 6. The van der Waals surface area contributed by atoms with Crippen LogP contribution in [-0.2, 0) is 0 Å². The van der Waals surface area contributed by atoms with Crippen LogP contribution >= 0.6 is 0 Å². The second-order valence-corrected chi connectivity index (χ2v) is 9.29. The van der Waals surface area contributed by atoms with Crippen molar-refractivity contribution in [3.8, 4) is 0 Å². The van der Waals surface area contributed by atoms with Crippen LogP contribution in [-0.4, -0.2) is 53.7 Å². The van der Waals surface area contributed by atoms with Crippen LogP contribution in [0.25, 0.3) is 0 Å². The van der Waals surface area contributed by atoms with Crippen molar-refractivity contribution in [2.45, 2.75) is 82.1 Å². The third-order valence-corrected chi connectivity index (χ3v) is 8.27. The number of piperidine rings is 4. The molecule has 0 aromatic rings. The fourth-order valence-electron chi connectivity index (χ4n) is 7.59. The number of hydrogen-bond acceptors (Lipinski definition) is 3. The molecule has 1 aliphatic carbocycles. The van der Waals surface area contributed by atoms with Crippen molar-refractivity contribution >= 4 is 0 Å². The van der Waals surface area contributed by atoms with Crippen molar-refractivity contribution in [2.75, 3.05) is 19.6 Å². The SMILES string of the molecule is C1=C2CCCN3[C@@H]2[C@@]2(C[C@H]1[C@@H]1CCCCN1C2)[C@@H]1CCC[C@H]3N1. The Bertz CT molecular complexity index is 543. The van der Waals surface area contributed by atoms with E-state index in [4.69, 9.17) is 0 Å². The highest BCUT2D eigenvalue weighted by molar-refractivity contribution is 5.32. The van der Waals surface area contributed by atoms with Crippen molar-refractivity contribution in [1.29, 1.82) is 0 Å². The first-order valence-electron chi connectivity index (χ1n) is 10.3. The summed E-state index contributed by atoms with van der Waals surface area (Å²) >= 11 is 0. The molecule has 0 saturated carbocycles. The van der Waals surface area contributed by atoms with E-state index >= 15 is 0 Å². The van der Waals surface area contributed by atoms with Gasteiger partial charge in [-0.25, -0.2) is 0 Å². The lowest BCUT2D eigenvalue weighted by Gasteiger charge is -2.68. The van der Waals surface area contributed by atoms with E-state index in [1.807, 2.05) is 5.57 Å². The molecule has 23 heavy (non-hydrogen) atoms. The van der Waals surface area contributed by atoms with Crippen molar-refractivity contribution in [3.63, 3.8) is 0 Å². The second-order valence-electron chi connectivity index (χ2n) is 9.29. The van der Waals surface area contributed by atoms with Crippen molar-refractivity contribution < 1.29 is 0 Å². The average Bonchev–Trinajstić information content (AvgIpc) is 2.60. The Hall–Kier alpha value is -0.380. The quantitative estimate of drug-likeness (QED) is 0.694. The average molecular weight is 313 g/mol. The Morgan fingerprint density at radius 3 is 3.04 bits per heavy atom. The third-order valence-electron chi connectivity index (χ3n) is 8.27. The molecule has 5 heterocycles. The van der Waals surface area contributed by atoms with Crippen LogP contribution in [0.4, 0.5) is 0 Å². The molecule has 1 spiro atoms. The van der Waals surface area contributed by atoms with Crippen LogP contribution in [0.15, 0.2) is 11.6 Å². The van der Waals surface area contributed by atoms with Gasteiger partial charge in [0.05, 0.1) is 6.17 Å². The highest BCUT2D eigenvalue weighted by Crippen LogP contribution is 2.57. The van der Waals surface area contributed by atoms with Gasteiger partial charge in [0, 0.05) is 36.6 Å². The summed E-state index contributed by atoms with van der Waals surface area (Å²) in [4.78, 5) is 5.83. The minimum atomic E-state index is 0.528. The lowest BCUT2D eigenvalue weighted by Crippen LogP contribution is -2.78. The molecule has 0 aromatic heterocycles. The number of nitrogens with zero attached hydrogens (tertiary/aromatic N) is 2. The van der Waals surface area contributed by atoms with Gasteiger partial charge < -0.3 is 0 Å². The maximum absolute atomic E-state index is 4.12. The minimum absolute atomic E-state index is 0.528. The van der Waals surface area contributed by atoms with E-state index in [1.54, 1.807) is 0 Å². The highest BCUT2D eigenvalue weighted by atomic mass is 15.4. The van der Waals surface area contributed by atoms with Gasteiger partial charge in [0.15, 0.2) is 0 Å². The molecule has 6 aliphatic rings. The van der Waals surface area contributed by atoms with Gasteiger partial charge in [0.1, 0.15) is 0 Å². The van der Waals surface area contributed by atoms with Gasteiger partial charge in [-0.05, 0) is 63.8 Å². The first-order chi connectivity index (χ1) is 11.4. The summed E-state index contributed by atoms with van der Waals surface area (Å²) in [5.41, 5.74) is 2.39. The molecule has 0 aromatic carbocycles. The molecule has 5 aliphatic heterocycles. The Balaban J connectivity index is 1.49. The van der Waals surface area contributed by atoms with E-state index in [-0.39, 0.29) is 0 Å². The van der Waals surface area contributed by atoms with E-state index in [9.17, 15) is 0 Å². The largest absolute Gasteiger partial charge is 0.299 e. The summed E-state index contributed by atoms with van der Waals surface area (Å²) in [5, 5.41) is 4.12. The summed E-state index contributed by atoms with van der Waals surface area (Å²) in [7, 11) is 0. The lowest BCUT2D eigenvalue weighted by atomic mass is 9.54. The summed E-state index contributed by atoms with van der Waals surface area (Å²) < 4.78 is 0. The zero-order valence-corrected chi connectivity index (χ0v) is 14.3. The van der Waals surface area contributed by atoms with Gasteiger partial charge in [-0.1, -0.05) is 18.1 Å². The van der Waals surface area contributed by atoms with Gasteiger partial charge in [0.25, 0.3) is 0 Å². The molecule has 0 unspecified atom stereocenters. The fourth-order valence-corrected chi connectivity index (χ4v) is 7.59. The van der Waals surface area contributed by atoms with E-state index in [0.717, 1.165) is 24.0 Å². The number of nitrogens with one attached hydrogen (secondary N) is 1. The predicted molar refractivity (Wildman–Crippen MR) is 92.1 cm³/mol. The van der Waals surface area contributed by atoms with Crippen LogP contribution in [0, 0.1) is 11.3 Å². The topological polar surface area (TPSA) is 18.5 Å². The standard InChI is InChI=1S/C20H31N3/c1-2-9-22-13-20-12-15(16(22)6-1)11-14-5-4-10-23(19(14)20)18-8-3-7-17(20)21-18/h11,15-19,21H,1-10,12-13H2/t15-,16-,17-,18-,19-,20+/m0/s1. The third kappa shape index (κ3) is 1.77.